The van der Waals surface area contributed by atoms with Gasteiger partial charge in [-0.15, -0.1) is 0 Å². The molecule has 1 saturated carbocycles. The summed E-state index contributed by atoms with van der Waals surface area (Å²) < 4.78 is 0. The van der Waals surface area contributed by atoms with Crippen LogP contribution in [0.5, 0.6) is 0 Å². The van der Waals surface area contributed by atoms with Crippen molar-refractivity contribution < 1.29 is 0 Å². The Balaban J connectivity index is 2.37. The van der Waals surface area contributed by atoms with E-state index >= 15 is 0 Å². The first-order chi connectivity index (χ1) is 7.29. The molecule has 0 heterocycles. The van der Waals surface area contributed by atoms with E-state index in [4.69, 9.17) is 0 Å². The Hall–Kier alpha value is -0.0800. The van der Waals surface area contributed by atoms with Gasteiger partial charge in [-0.1, -0.05) is 33.1 Å². The van der Waals surface area contributed by atoms with E-state index in [-0.39, 0.29) is 0 Å². The van der Waals surface area contributed by atoms with Crippen molar-refractivity contribution in [3.05, 3.63) is 0 Å². The first-order valence-corrected chi connectivity index (χ1v) is 6.76. The zero-order valence-electron chi connectivity index (χ0n) is 10.8. The second-order valence-electron chi connectivity index (χ2n) is 4.78. The predicted molar refractivity (Wildman–Crippen MR) is 67.3 cm³/mol. The standard InChI is InChI=1S/C13H28N2/c1-4-14-11-12(3)15(5-2)13-9-7-6-8-10-13/h12-14H,4-11H2,1-3H3. The summed E-state index contributed by atoms with van der Waals surface area (Å²) in [6, 6.07) is 1.55. The van der Waals surface area contributed by atoms with Gasteiger partial charge < -0.3 is 5.32 Å². The molecule has 0 aromatic carbocycles. The first-order valence-electron chi connectivity index (χ1n) is 6.76. The van der Waals surface area contributed by atoms with Crippen LogP contribution in [0.25, 0.3) is 0 Å². The highest BCUT2D eigenvalue weighted by Gasteiger charge is 2.23. The smallest absolute Gasteiger partial charge is 0.0195 e. The third-order valence-electron chi connectivity index (χ3n) is 3.66. The van der Waals surface area contributed by atoms with E-state index in [2.05, 4.69) is 31.0 Å². The van der Waals surface area contributed by atoms with E-state index < -0.39 is 0 Å². The molecular weight excluding hydrogens is 184 g/mol. The molecule has 2 heteroatoms. The minimum Gasteiger partial charge on any atom is -0.315 e. The van der Waals surface area contributed by atoms with Crippen molar-refractivity contribution in [3.63, 3.8) is 0 Å². The molecule has 1 unspecified atom stereocenters. The normalized spacial score (nSPS) is 20.8. The van der Waals surface area contributed by atoms with Crippen LogP contribution >= 0.6 is 0 Å². The van der Waals surface area contributed by atoms with Gasteiger partial charge in [0.15, 0.2) is 0 Å². The Morgan fingerprint density at radius 3 is 2.40 bits per heavy atom. The maximum Gasteiger partial charge on any atom is 0.0195 e. The van der Waals surface area contributed by atoms with Crippen molar-refractivity contribution in [2.75, 3.05) is 19.6 Å². The molecule has 1 atom stereocenters. The lowest BCUT2D eigenvalue weighted by Gasteiger charge is -2.38. The minimum atomic E-state index is 0.693. The van der Waals surface area contributed by atoms with Crippen LogP contribution in [0.4, 0.5) is 0 Å². The first kappa shape index (κ1) is 13.0. The summed E-state index contributed by atoms with van der Waals surface area (Å²) in [6.45, 7) is 10.3. The van der Waals surface area contributed by atoms with Crippen LogP contribution in [0.3, 0.4) is 0 Å². The van der Waals surface area contributed by atoms with Crippen molar-refractivity contribution in [3.8, 4) is 0 Å². The Morgan fingerprint density at radius 1 is 1.20 bits per heavy atom. The highest BCUT2D eigenvalue weighted by molar-refractivity contribution is 4.79. The molecule has 0 saturated heterocycles. The van der Waals surface area contributed by atoms with Crippen LogP contribution < -0.4 is 5.32 Å². The Labute approximate surface area is 95.4 Å². The van der Waals surface area contributed by atoms with Gasteiger partial charge >= 0.3 is 0 Å². The molecule has 0 aliphatic heterocycles. The second-order valence-corrected chi connectivity index (χ2v) is 4.78. The van der Waals surface area contributed by atoms with Gasteiger partial charge in [-0.3, -0.25) is 4.90 Å². The van der Waals surface area contributed by atoms with E-state index in [1.807, 2.05) is 0 Å². The SMILES string of the molecule is CCNCC(C)N(CC)C1CCCCC1. The maximum atomic E-state index is 3.46. The lowest BCUT2D eigenvalue weighted by molar-refractivity contribution is 0.118. The average Bonchev–Trinajstić information content (AvgIpc) is 2.29. The topological polar surface area (TPSA) is 15.3 Å². The molecule has 0 spiro atoms. The molecule has 0 aromatic rings. The Morgan fingerprint density at radius 2 is 1.87 bits per heavy atom. The summed E-state index contributed by atoms with van der Waals surface area (Å²) in [6.07, 6.45) is 7.18. The van der Waals surface area contributed by atoms with Gasteiger partial charge in [0.2, 0.25) is 0 Å². The molecule has 0 radical (unpaired) electrons. The van der Waals surface area contributed by atoms with Crippen molar-refractivity contribution in [2.24, 2.45) is 0 Å². The molecule has 0 bridgehead atoms. The molecule has 90 valence electrons. The molecule has 1 fully saturated rings. The average molecular weight is 212 g/mol. The van der Waals surface area contributed by atoms with Crippen LogP contribution in [0.1, 0.15) is 52.9 Å². The highest BCUT2D eigenvalue weighted by Crippen LogP contribution is 2.23. The second kappa shape index (κ2) is 7.24. The molecule has 15 heavy (non-hydrogen) atoms. The molecule has 1 rings (SSSR count). The summed E-state index contributed by atoms with van der Waals surface area (Å²) in [7, 11) is 0. The summed E-state index contributed by atoms with van der Waals surface area (Å²) >= 11 is 0. The van der Waals surface area contributed by atoms with Gasteiger partial charge in [0.1, 0.15) is 0 Å². The van der Waals surface area contributed by atoms with Crippen LogP contribution in [0, 0.1) is 0 Å². The Bertz CT molecular complexity index is 153. The van der Waals surface area contributed by atoms with Gasteiger partial charge in [0.05, 0.1) is 0 Å². The van der Waals surface area contributed by atoms with Gasteiger partial charge in [-0.05, 0) is 32.9 Å². The molecule has 0 amide bonds. The summed E-state index contributed by atoms with van der Waals surface area (Å²) in [5.74, 6) is 0. The number of hydrogen-bond acceptors (Lipinski definition) is 2. The van der Waals surface area contributed by atoms with Crippen LogP contribution in [-0.2, 0) is 0 Å². The van der Waals surface area contributed by atoms with Gasteiger partial charge in [-0.2, -0.15) is 0 Å². The largest absolute Gasteiger partial charge is 0.315 e. The fourth-order valence-corrected chi connectivity index (χ4v) is 2.81. The quantitative estimate of drug-likeness (QED) is 0.728. The minimum absolute atomic E-state index is 0.693. The van der Waals surface area contributed by atoms with Crippen molar-refractivity contribution >= 4 is 0 Å². The molecule has 0 aromatic heterocycles. The van der Waals surface area contributed by atoms with Gasteiger partial charge in [-0.25, -0.2) is 0 Å². The van der Waals surface area contributed by atoms with Crippen LogP contribution in [-0.4, -0.2) is 36.6 Å². The fourth-order valence-electron chi connectivity index (χ4n) is 2.81. The van der Waals surface area contributed by atoms with Gasteiger partial charge in [0, 0.05) is 18.6 Å². The zero-order chi connectivity index (χ0) is 11.1. The highest BCUT2D eigenvalue weighted by atomic mass is 15.2. The molecule has 1 N–H and O–H groups in total. The maximum absolute atomic E-state index is 3.46. The van der Waals surface area contributed by atoms with E-state index in [1.165, 1.54) is 38.6 Å². The molecule has 1 aliphatic rings. The molecule has 1 aliphatic carbocycles. The number of likely N-dealkylation sites (N-methyl/N-ethyl adjacent to an activating group) is 2. The van der Waals surface area contributed by atoms with E-state index in [9.17, 15) is 0 Å². The summed E-state index contributed by atoms with van der Waals surface area (Å²) in [5.41, 5.74) is 0. The van der Waals surface area contributed by atoms with Crippen molar-refractivity contribution in [1.29, 1.82) is 0 Å². The summed E-state index contributed by atoms with van der Waals surface area (Å²) in [5, 5.41) is 3.46. The predicted octanol–water partition coefficient (Wildman–Crippen LogP) is 2.64. The number of hydrogen-bond donors (Lipinski definition) is 1. The van der Waals surface area contributed by atoms with Gasteiger partial charge in [0.25, 0.3) is 0 Å². The van der Waals surface area contributed by atoms with E-state index in [1.54, 1.807) is 0 Å². The van der Waals surface area contributed by atoms with Crippen molar-refractivity contribution in [1.82, 2.24) is 10.2 Å². The number of nitrogens with zero attached hydrogens (tertiary/aromatic N) is 1. The molecule has 2 nitrogen and oxygen atoms in total. The summed E-state index contributed by atoms with van der Waals surface area (Å²) in [4.78, 5) is 2.70. The van der Waals surface area contributed by atoms with Crippen molar-refractivity contribution in [2.45, 2.75) is 65.0 Å². The van der Waals surface area contributed by atoms with E-state index in [0.29, 0.717) is 6.04 Å². The van der Waals surface area contributed by atoms with Crippen LogP contribution in [0.2, 0.25) is 0 Å². The fraction of sp³-hybridized carbons (Fsp3) is 1.00. The lowest BCUT2D eigenvalue weighted by atomic mass is 9.93. The number of nitrogens with one attached hydrogen (secondary N) is 1. The van der Waals surface area contributed by atoms with Crippen LogP contribution in [0.15, 0.2) is 0 Å². The third-order valence-corrected chi connectivity index (χ3v) is 3.66. The number of rotatable bonds is 6. The monoisotopic (exact) mass is 212 g/mol. The molecular formula is C13H28N2. The third kappa shape index (κ3) is 4.12. The lowest BCUT2D eigenvalue weighted by Crippen LogP contribution is -2.46. The van der Waals surface area contributed by atoms with E-state index in [0.717, 1.165) is 19.1 Å². The Kier molecular flexibility index (Phi) is 6.26. The zero-order valence-corrected chi connectivity index (χ0v) is 10.8.